The van der Waals surface area contributed by atoms with Crippen LogP contribution in [0.3, 0.4) is 0 Å². The Hall–Kier alpha value is -1.45. The third-order valence-corrected chi connectivity index (χ3v) is 1.47. The highest BCUT2D eigenvalue weighted by molar-refractivity contribution is 5.73. The minimum absolute atomic E-state index is 0.0505. The van der Waals surface area contributed by atoms with Crippen molar-refractivity contribution < 1.29 is 4.79 Å². The lowest BCUT2D eigenvalue weighted by molar-refractivity contribution is -0.119. The fourth-order valence-corrected chi connectivity index (χ4v) is 0.936. The average molecular weight is 165 g/mol. The fraction of sp³-hybridized carbons (Fsp3) is 0.375. The SMILES string of the molecule is CC(=O)NC(C)c1ccncn1. The second-order valence-corrected chi connectivity index (χ2v) is 2.56. The monoisotopic (exact) mass is 165 g/mol. The second-order valence-electron chi connectivity index (χ2n) is 2.56. The Labute approximate surface area is 71.0 Å². The molecule has 1 heterocycles. The molecule has 0 aliphatic heterocycles. The van der Waals surface area contributed by atoms with Crippen LogP contribution in [-0.2, 0) is 4.79 Å². The standard InChI is InChI=1S/C8H11N3O/c1-6(11-7(2)12)8-3-4-9-5-10-8/h3-6H,1-2H3,(H,11,12). The Morgan fingerprint density at radius 3 is 2.92 bits per heavy atom. The molecular formula is C8H11N3O. The number of nitrogens with zero attached hydrogens (tertiary/aromatic N) is 2. The van der Waals surface area contributed by atoms with Crippen molar-refractivity contribution in [1.82, 2.24) is 15.3 Å². The first kappa shape index (κ1) is 8.64. The molecule has 1 N–H and O–H groups in total. The van der Waals surface area contributed by atoms with Crippen LogP contribution in [0.25, 0.3) is 0 Å². The fourth-order valence-electron chi connectivity index (χ4n) is 0.936. The number of nitrogens with one attached hydrogen (secondary N) is 1. The molecule has 1 rings (SSSR count). The summed E-state index contributed by atoms with van der Waals surface area (Å²) in [4.78, 5) is 18.5. The van der Waals surface area contributed by atoms with Gasteiger partial charge in [0.25, 0.3) is 0 Å². The van der Waals surface area contributed by atoms with Crippen LogP contribution in [0.4, 0.5) is 0 Å². The Morgan fingerprint density at radius 2 is 2.42 bits per heavy atom. The molecule has 0 fully saturated rings. The Morgan fingerprint density at radius 1 is 1.67 bits per heavy atom. The molecular weight excluding hydrogens is 154 g/mol. The summed E-state index contributed by atoms with van der Waals surface area (Å²) in [6.45, 7) is 3.36. The molecule has 0 aliphatic rings. The first-order chi connectivity index (χ1) is 5.70. The lowest BCUT2D eigenvalue weighted by Crippen LogP contribution is -2.24. The van der Waals surface area contributed by atoms with E-state index in [0.29, 0.717) is 0 Å². The highest BCUT2D eigenvalue weighted by Crippen LogP contribution is 2.05. The number of rotatable bonds is 2. The van der Waals surface area contributed by atoms with E-state index in [-0.39, 0.29) is 11.9 Å². The average Bonchev–Trinajstić information content (AvgIpc) is 2.05. The van der Waals surface area contributed by atoms with Crippen LogP contribution in [-0.4, -0.2) is 15.9 Å². The zero-order valence-electron chi connectivity index (χ0n) is 7.11. The lowest BCUT2D eigenvalue weighted by atomic mass is 10.2. The summed E-state index contributed by atoms with van der Waals surface area (Å²) in [5.41, 5.74) is 0.820. The maximum Gasteiger partial charge on any atom is 0.217 e. The van der Waals surface area contributed by atoms with Crippen LogP contribution in [0.15, 0.2) is 18.6 Å². The smallest absolute Gasteiger partial charge is 0.217 e. The summed E-state index contributed by atoms with van der Waals surface area (Å²) >= 11 is 0. The molecule has 0 spiro atoms. The zero-order valence-corrected chi connectivity index (χ0v) is 7.11. The van der Waals surface area contributed by atoms with E-state index < -0.39 is 0 Å². The molecule has 1 amide bonds. The van der Waals surface area contributed by atoms with E-state index in [2.05, 4.69) is 15.3 Å². The third-order valence-electron chi connectivity index (χ3n) is 1.47. The number of carbonyl (C=O) groups is 1. The Balaban J connectivity index is 2.65. The number of hydrogen-bond acceptors (Lipinski definition) is 3. The Bertz CT molecular complexity index is 260. The van der Waals surface area contributed by atoms with Crippen molar-refractivity contribution in [3.05, 3.63) is 24.3 Å². The van der Waals surface area contributed by atoms with Crippen LogP contribution in [0.5, 0.6) is 0 Å². The number of amides is 1. The quantitative estimate of drug-likeness (QED) is 0.700. The summed E-state index contributed by atoms with van der Waals surface area (Å²) in [5.74, 6) is -0.0545. The van der Waals surface area contributed by atoms with Crippen molar-refractivity contribution in [2.24, 2.45) is 0 Å². The summed E-state index contributed by atoms with van der Waals surface area (Å²) in [7, 11) is 0. The highest BCUT2D eigenvalue weighted by atomic mass is 16.1. The maximum atomic E-state index is 10.7. The van der Waals surface area contributed by atoms with Gasteiger partial charge in [-0.2, -0.15) is 0 Å². The van der Waals surface area contributed by atoms with Gasteiger partial charge >= 0.3 is 0 Å². The largest absolute Gasteiger partial charge is 0.348 e. The van der Waals surface area contributed by atoms with Crippen LogP contribution in [0.2, 0.25) is 0 Å². The van der Waals surface area contributed by atoms with E-state index in [9.17, 15) is 4.79 Å². The van der Waals surface area contributed by atoms with Gasteiger partial charge in [0, 0.05) is 13.1 Å². The molecule has 12 heavy (non-hydrogen) atoms. The van der Waals surface area contributed by atoms with E-state index in [1.54, 1.807) is 12.3 Å². The van der Waals surface area contributed by atoms with Crippen molar-refractivity contribution in [2.75, 3.05) is 0 Å². The molecule has 4 heteroatoms. The van der Waals surface area contributed by atoms with E-state index in [0.717, 1.165) is 5.69 Å². The third kappa shape index (κ3) is 2.30. The van der Waals surface area contributed by atoms with Crippen molar-refractivity contribution in [2.45, 2.75) is 19.9 Å². The van der Waals surface area contributed by atoms with Gasteiger partial charge in [-0.15, -0.1) is 0 Å². The van der Waals surface area contributed by atoms with Gasteiger partial charge in [-0.25, -0.2) is 9.97 Å². The number of hydrogen-bond donors (Lipinski definition) is 1. The maximum absolute atomic E-state index is 10.7. The molecule has 1 aromatic rings. The number of aromatic nitrogens is 2. The number of carbonyl (C=O) groups excluding carboxylic acids is 1. The van der Waals surface area contributed by atoms with Gasteiger partial charge in [-0.3, -0.25) is 4.79 Å². The van der Waals surface area contributed by atoms with Gasteiger partial charge in [0.05, 0.1) is 11.7 Å². The van der Waals surface area contributed by atoms with Crippen molar-refractivity contribution in [3.63, 3.8) is 0 Å². The summed E-state index contributed by atoms with van der Waals surface area (Å²) in [6, 6.07) is 1.73. The van der Waals surface area contributed by atoms with E-state index >= 15 is 0 Å². The molecule has 64 valence electrons. The summed E-state index contributed by atoms with van der Waals surface area (Å²) in [6.07, 6.45) is 3.12. The van der Waals surface area contributed by atoms with E-state index in [1.165, 1.54) is 13.3 Å². The van der Waals surface area contributed by atoms with Crippen molar-refractivity contribution in [1.29, 1.82) is 0 Å². The molecule has 1 atom stereocenters. The molecule has 0 aromatic carbocycles. The van der Waals surface area contributed by atoms with Gasteiger partial charge in [-0.05, 0) is 13.0 Å². The van der Waals surface area contributed by atoms with Crippen LogP contribution < -0.4 is 5.32 Å². The second kappa shape index (κ2) is 3.80. The van der Waals surface area contributed by atoms with Crippen LogP contribution in [0.1, 0.15) is 25.6 Å². The van der Waals surface area contributed by atoms with Gasteiger partial charge in [-0.1, -0.05) is 0 Å². The topological polar surface area (TPSA) is 54.9 Å². The molecule has 0 saturated carbocycles. The van der Waals surface area contributed by atoms with E-state index in [4.69, 9.17) is 0 Å². The zero-order chi connectivity index (χ0) is 8.97. The lowest BCUT2D eigenvalue weighted by Gasteiger charge is -2.10. The van der Waals surface area contributed by atoms with Crippen LogP contribution >= 0.6 is 0 Å². The minimum Gasteiger partial charge on any atom is -0.348 e. The van der Waals surface area contributed by atoms with Crippen molar-refractivity contribution in [3.8, 4) is 0 Å². The molecule has 1 aromatic heterocycles. The molecule has 0 saturated heterocycles. The van der Waals surface area contributed by atoms with Crippen molar-refractivity contribution >= 4 is 5.91 Å². The summed E-state index contributed by atoms with van der Waals surface area (Å²) < 4.78 is 0. The molecule has 1 unspecified atom stereocenters. The van der Waals surface area contributed by atoms with E-state index in [1.807, 2.05) is 6.92 Å². The van der Waals surface area contributed by atoms with Crippen LogP contribution in [0, 0.1) is 0 Å². The predicted molar refractivity (Wildman–Crippen MR) is 44.3 cm³/mol. The van der Waals surface area contributed by atoms with Gasteiger partial charge < -0.3 is 5.32 Å². The first-order valence-electron chi connectivity index (χ1n) is 3.73. The highest BCUT2D eigenvalue weighted by Gasteiger charge is 2.05. The summed E-state index contributed by atoms with van der Waals surface area (Å²) in [5, 5.41) is 2.73. The van der Waals surface area contributed by atoms with Gasteiger partial charge in [0.2, 0.25) is 5.91 Å². The molecule has 0 aliphatic carbocycles. The minimum atomic E-state index is -0.0545. The normalized spacial score (nSPS) is 12.2. The van der Waals surface area contributed by atoms with Gasteiger partial charge in [0.1, 0.15) is 6.33 Å². The van der Waals surface area contributed by atoms with Gasteiger partial charge in [0.15, 0.2) is 0 Å². The molecule has 0 bridgehead atoms. The Kier molecular flexibility index (Phi) is 2.74. The first-order valence-corrected chi connectivity index (χ1v) is 3.73. The molecule has 4 nitrogen and oxygen atoms in total. The predicted octanol–water partition coefficient (Wildman–Crippen LogP) is 0.674. The molecule has 0 radical (unpaired) electrons.